The van der Waals surface area contributed by atoms with Crippen LogP contribution in [0.3, 0.4) is 0 Å². The molecule has 0 aromatic heterocycles. The maximum Gasteiger partial charge on any atom is 0.239 e. The Bertz CT molecular complexity index is 199. The fraction of sp³-hybridized carbons (Fsp3) is 0.909. The van der Waals surface area contributed by atoms with Crippen LogP contribution in [0.4, 0.5) is 0 Å². The number of piperidine rings is 1. The van der Waals surface area contributed by atoms with E-state index in [1.807, 2.05) is 11.8 Å². The molecule has 0 aromatic rings. The molecule has 0 spiro atoms. The van der Waals surface area contributed by atoms with Gasteiger partial charge in [0.2, 0.25) is 5.91 Å². The zero-order chi connectivity index (χ0) is 11.3. The van der Waals surface area contributed by atoms with Crippen LogP contribution in [-0.4, -0.2) is 43.2 Å². The highest BCUT2D eigenvalue weighted by Crippen LogP contribution is 2.17. The molecule has 15 heavy (non-hydrogen) atoms. The molecule has 1 aliphatic rings. The number of nitrogens with two attached hydrogens (primary N) is 1. The number of carbonyl (C=O) groups excluding carboxylic acids is 1. The summed E-state index contributed by atoms with van der Waals surface area (Å²) in [7, 11) is 0. The number of hydrogen-bond donors (Lipinski definition) is 1. The lowest BCUT2D eigenvalue weighted by Crippen LogP contribution is -2.46. The van der Waals surface area contributed by atoms with Gasteiger partial charge in [-0.3, -0.25) is 4.79 Å². The lowest BCUT2D eigenvalue weighted by atomic mass is 9.97. The first-order valence-electron chi connectivity index (χ1n) is 5.77. The largest absolute Gasteiger partial charge is 0.381 e. The predicted molar refractivity (Wildman–Crippen MR) is 59.4 cm³/mol. The molecule has 1 atom stereocenters. The van der Waals surface area contributed by atoms with E-state index in [0.29, 0.717) is 5.92 Å². The Morgan fingerprint density at radius 2 is 2.13 bits per heavy atom. The summed E-state index contributed by atoms with van der Waals surface area (Å²) in [5.41, 5.74) is 5.57. The Kier molecular flexibility index (Phi) is 5.05. The zero-order valence-corrected chi connectivity index (χ0v) is 9.74. The van der Waals surface area contributed by atoms with Gasteiger partial charge in [-0.15, -0.1) is 0 Å². The minimum atomic E-state index is -0.367. The number of carbonyl (C=O) groups is 1. The van der Waals surface area contributed by atoms with Crippen LogP contribution in [0.2, 0.25) is 0 Å². The van der Waals surface area contributed by atoms with Crippen molar-refractivity contribution >= 4 is 5.91 Å². The number of ether oxygens (including phenoxy) is 1. The van der Waals surface area contributed by atoms with Gasteiger partial charge < -0.3 is 15.4 Å². The van der Waals surface area contributed by atoms with E-state index in [9.17, 15) is 4.79 Å². The minimum Gasteiger partial charge on any atom is -0.381 e. The third-order valence-electron chi connectivity index (χ3n) is 2.87. The summed E-state index contributed by atoms with van der Waals surface area (Å²) < 4.78 is 5.39. The van der Waals surface area contributed by atoms with Crippen LogP contribution in [0.1, 0.15) is 26.7 Å². The molecule has 4 heteroatoms. The maximum absolute atomic E-state index is 11.6. The SMILES string of the molecule is CCOCC1CCN(C(=O)[C@@H](C)N)CC1. The topological polar surface area (TPSA) is 55.6 Å². The Labute approximate surface area is 91.8 Å². The average molecular weight is 214 g/mol. The highest BCUT2D eigenvalue weighted by molar-refractivity contribution is 5.81. The molecule has 0 bridgehead atoms. The first-order chi connectivity index (χ1) is 7.15. The van der Waals surface area contributed by atoms with Crippen molar-refractivity contribution < 1.29 is 9.53 Å². The number of likely N-dealkylation sites (tertiary alicyclic amines) is 1. The van der Waals surface area contributed by atoms with Gasteiger partial charge in [-0.25, -0.2) is 0 Å². The minimum absolute atomic E-state index is 0.0739. The van der Waals surface area contributed by atoms with E-state index < -0.39 is 0 Å². The van der Waals surface area contributed by atoms with Crippen molar-refractivity contribution in [1.29, 1.82) is 0 Å². The summed E-state index contributed by atoms with van der Waals surface area (Å²) in [6.45, 7) is 7.02. The highest BCUT2D eigenvalue weighted by Gasteiger charge is 2.24. The normalized spacial score (nSPS) is 20.3. The lowest BCUT2D eigenvalue weighted by Gasteiger charge is -2.32. The molecular weight excluding hydrogens is 192 g/mol. The van der Waals surface area contributed by atoms with E-state index in [4.69, 9.17) is 10.5 Å². The van der Waals surface area contributed by atoms with E-state index in [1.165, 1.54) is 0 Å². The van der Waals surface area contributed by atoms with Crippen LogP contribution >= 0.6 is 0 Å². The van der Waals surface area contributed by atoms with Crippen LogP contribution in [0.15, 0.2) is 0 Å². The third-order valence-corrected chi connectivity index (χ3v) is 2.87. The molecule has 2 N–H and O–H groups in total. The van der Waals surface area contributed by atoms with E-state index >= 15 is 0 Å². The molecule has 1 aliphatic heterocycles. The third kappa shape index (κ3) is 3.80. The van der Waals surface area contributed by atoms with Gasteiger partial charge in [0.1, 0.15) is 0 Å². The van der Waals surface area contributed by atoms with Crippen molar-refractivity contribution in [2.45, 2.75) is 32.7 Å². The standard InChI is InChI=1S/C11H22N2O2/c1-3-15-8-10-4-6-13(7-5-10)11(14)9(2)12/h9-10H,3-8,12H2,1-2H3/t9-/m1/s1. The summed E-state index contributed by atoms with van der Waals surface area (Å²) in [4.78, 5) is 13.5. The summed E-state index contributed by atoms with van der Waals surface area (Å²) >= 11 is 0. The molecule has 0 radical (unpaired) electrons. The van der Waals surface area contributed by atoms with Crippen LogP contribution in [0.25, 0.3) is 0 Å². The Hall–Kier alpha value is -0.610. The van der Waals surface area contributed by atoms with Crippen LogP contribution in [0.5, 0.6) is 0 Å². The van der Waals surface area contributed by atoms with Gasteiger partial charge in [-0.2, -0.15) is 0 Å². The monoisotopic (exact) mass is 214 g/mol. The summed E-state index contributed by atoms with van der Waals surface area (Å²) in [5, 5.41) is 0. The van der Waals surface area contributed by atoms with Crippen LogP contribution < -0.4 is 5.73 Å². The first kappa shape index (κ1) is 12.5. The first-order valence-corrected chi connectivity index (χ1v) is 5.77. The van der Waals surface area contributed by atoms with Gasteiger partial charge in [0.25, 0.3) is 0 Å². The van der Waals surface area contributed by atoms with Crippen molar-refractivity contribution in [3.05, 3.63) is 0 Å². The van der Waals surface area contributed by atoms with Crippen molar-refractivity contribution in [2.24, 2.45) is 11.7 Å². The number of hydrogen-bond acceptors (Lipinski definition) is 3. The molecule has 1 heterocycles. The molecule has 4 nitrogen and oxygen atoms in total. The molecule has 0 aromatic carbocycles. The lowest BCUT2D eigenvalue weighted by molar-refractivity contribution is -0.133. The zero-order valence-electron chi connectivity index (χ0n) is 9.74. The van der Waals surface area contributed by atoms with E-state index in [-0.39, 0.29) is 11.9 Å². The van der Waals surface area contributed by atoms with Gasteiger partial charge in [0.15, 0.2) is 0 Å². The molecule has 0 unspecified atom stereocenters. The Balaban J connectivity index is 2.26. The highest BCUT2D eigenvalue weighted by atomic mass is 16.5. The molecule has 0 saturated carbocycles. The second-order valence-corrected chi connectivity index (χ2v) is 4.22. The van der Waals surface area contributed by atoms with Crippen LogP contribution in [-0.2, 0) is 9.53 Å². The van der Waals surface area contributed by atoms with Crippen molar-refractivity contribution in [1.82, 2.24) is 4.90 Å². The fourth-order valence-corrected chi connectivity index (χ4v) is 1.89. The predicted octanol–water partition coefficient (Wildman–Crippen LogP) is 0.609. The quantitative estimate of drug-likeness (QED) is 0.746. The van der Waals surface area contributed by atoms with Crippen LogP contribution in [0, 0.1) is 5.92 Å². The Morgan fingerprint density at radius 1 is 1.53 bits per heavy atom. The van der Waals surface area contributed by atoms with Gasteiger partial charge in [0, 0.05) is 26.3 Å². The van der Waals surface area contributed by atoms with E-state index in [2.05, 4.69) is 0 Å². The molecule has 1 saturated heterocycles. The van der Waals surface area contributed by atoms with E-state index in [0.717, 1.165) is 39.1 Å². The maximum atomic E-state index is 11.6. The Morgan fingerprint density at radius 3 is 2.60 bits per heavy atom. The average Bonchev–Trinajstić information content (AvgIpc) is 2.26. The second-order valence-electron chi connectivity index (χ2n) is 4.22. The number of nitrogens with zero attached hydrogens (tertiary/aromatic N) is 1. The van der Waals surface area contributed by atoms with Crippen molar-refractivity contribution in [2.75, 3.05) is 26.3 Å². The van der Waals surface area contributed by atoms with Gasteiger partial charge in [0.05, 0.1) is 6.04 Å². The summed E-state index contributed by atoms with van der Waals surface area (Å²) in [5.74, 6) is 0.687. The van der Waals surface area contributed by atoms with Gasteiger partial charge >= 0.3 is 0 Å². The van der Waals surface area contributed by atoms with Crippen molar-refractivity contribution in [3.63, 3.8) is 0 Å². The molecule has 1 fully saturated rings. The number of rotatable bonds is 4. The number of amides is 1. The summed E-state index contributed by atoms with van der Waals surface area (Å²) in [6.07, 6.45) is 2.08. The van der Waals surface area contributed by atoms with Crippen molar-refractivity contribution in [3.8, 4) is 0 Å². The second kappa shape index (κ2) is 6.08. The molecule has 0 aliphatic carbocycles. The fourth-order valence-electron chi connectivity index (χ4n) is 1.89. The van der Waals surface area contributed by atoms with E-state index in [1.54, 1.807) is 6.92 Å². The molecule has 1 rings (SSSR count). The smallest absolute Gasteiger partial charge is 0.239 e. The molecular formula is C11H22N2O2. The van der Waals surface area contributed by atoms with Gasteiger partial charge in [-0.05, 0) is 32.6 Å². The molecule has 88 valence electrons. The summed E-state index contributed by atoms with van der Waals surface area (Å²) in [6, 6.07) is -0.367. The van der Waals surface area contributed by atoms with Gasteiger partial charge in [-0.1, -0.05) is 0 Å². The molecule has 1 amide bonds.